The van der Waals surface area contributed by atoms with Crippen molar-refractivity contribution < 1.29 is 14.3 Å². The SMILES string of the molecule is O=C(CSc1ccc2ccccc2c1)OCC(=O)c1ccc(Br)s1. The second kappa shape index (κ2) is 7.96. The Balaban J connectivity index is 1.50. The molecule has 0 aliphatic carbocycles. The monoisotopic (exact) mass is 420 g/mol. The number of thioether (sulfide) groups is 1. The summed E-state index contributed by atoms with van der Waals surface area (Å²) in [6, 6.07) is 17.6. The van der Waals surface area contributed by atoms with Crippen LogP contribution in [0.15, 0.2) is 63.3 Å². The number of benzene rings is 2. The molecule has 1 heterocycles. The van der Waals surface area contributed by atoms with Crippen LogP contribution in [-0.4, -0.2) is 24.1 Å². The topological polar surface area (TPSA) is 43.4 Å². The number of thiophene rings is 1. The van der Waals surface area contributed by atoms with Gasteiger partial charge in [-0.25, -0.2) is 0 Å². The highest BCUT2D eigenvalue weighted by molar-refractivity contribution is 9.11. The van der Waals surface area contributed by atoms with Crippen LogP contribution in [0.2, 0.25) is 0 Å². The van der Waals surface area contributed by atoms with Gasteiger partial charge in [-0.15, -0.1) is 23.1 Å². The average Bonchev–Trinajstić information content (AvgIpc) is 3.04. The molecule has 3 nitrogen and oxygen atoms in total. The van der Waals surface area contributed by atoms with Crippen LogP contribution in [0.5, 0.6) is 0 Å². The van der Waals surface area contributed by atoms with E-state index in [9.17, 15) is 9.59 Å². The maximum Gasteiger partial charge on any atom is 0.316 e. The molecule has 0 saturated heterocycles. The first kappa shape index (κ1) is 17.2. The summed E-state index contributed by atoms with van der Waals surface area (Å²) in [6.07, 6.45) is 0. The minimum atomic E-state index is -0.392. The molecular weight excluding hydrogens is 408 g/mol. The number of carbonyl (C=O) groups excluding carboxylic acids is 2. The highest BCUT2D eigenvalue weighted by atomic mass is 79.9. The van der Waals surface area contributed by atoms with Crippen molar-refractivity contribution in [1.82, 2.24) is 0 Å². The van der Waals surface area contributed by atoms with Gasteiger partial charge >= 0.3 is 5.97 Å². The van der Waals surface area contributed by atoms with Gasteiger partial charge in [0.2, 0.25) is 5.78 Å². The first-order valence-electron chi connectivity index (χ1n) is 7.17. The van der Waals surface area contributed by atoms with Gasteiger partial charge in [0.25, 0.3) is 0 Å². The number of carbonyl (C=O) groups is 2. The molecule has 2 aromatic carbocycles. The molecule has 0 radical (unpaired) electrons. The Hall–Kier alpha value is -1.63. The Labute approximate surface area is 156 Å². The molecule has 0 fully saturated rings. The van der Waals surface area contributed by atoms with Crippen LogP contribution in [-0.2, 0) is 9.53 Å². The van der Waals surface area contributed by atoms with E-state index in [1.165, 1.54) is 23.1 Å². The van der Waals surface area contributed by atoms with Crippen molar-refractivity contribution in [2.75, 3.05) is 12.4 Å². The molecular formula is C18H13BrO3S2. The van der Waals surface area contributed by atoms with Crippen molar-refractivity contribution in [2.24, 2.45) is 0 Å². The molecule has 3 rings (SSSR count). The fraction of sp³-hybridized carbons (Fsp3) is 0.111. The maximum absolute atomic E-state index is 11.9. The predicted molar refractivity (Wildman–Crippen MR) is 102 cm³/mol. The van der Waals surface area contributed by atoms with E-state index in [0.717, 1.165) is 19.5 Å². The van der Waals surface area contributed by atoms with Gasteiger partial charge in [0.05, 0.1) is 14.4 Å². The van der Waals surface area contributed by atoms with E-state index in [1.807, 2.05) is 42.5 Å². The lowest BCUT2D eigenvalue weighted by Crippen LogP contribution is -2.14. The molecule has 0 spiro atoms. The summed E-state index contributed by atoms with van der Waals surface area (Å²) >= 11 is 6.04. The van der Waals surface area contributed by atoms with Gasteiger partial charge in [-0.3, -0.25) is 9.59 Å². The number of fused-ring (bicyclic) bond motifs is 1. The lowest BCUT2D eigenvalue weighted by atomic mass is 10.1. The van der Waals surface area contributed by atoms with Gasteiger partial charge in [0.15, 0.2) is 6.61 Å². The van der Waals surface area contributed by atoms with Crippen molar-refractivity contribution in [3.8, 4) is 0 Å². The van der Waals surface area contributed by atoms with E-state index in [0.29, 0.717) is 4.88 Å². The van der Waals surface area contributed by atoms with Crippen molar-refractivity contribution in [3.05, 3.63) is 63.3 Å². The standard InChI is InChI=1S/C18H13BrO3S2/c19-17-8-7-16(24-17)15(20)10-22-18(21)11-23-14-6-5-12-3-1-2-4-13(12)9-14/h1-9H,10-11H2. The molecule has 1 aromatic heterocycles. The van der Waals surface area contributed by atoms with E-state index in [-0.39, 0.29) is 18.1 Å². The Bertz CT molecular complexity index is 889. The number of esters is 1. The molecule has 122 valence electrons. The fourth-order valence-electron chi connectivity index (χ4n) is 2.12. The molecule has 0 atom stereocenters. The van der Waals surface area contributed by atoms with Crippen LogP contribution in [0.25, 0.3) is 10.8 Å². The lowest BCUT2D eigenvalue weighted by molar-refractivity contribution is -0.139. The van der Waals surface area contributed by atoms with Gasteiger partial charge in [-0.05, 0) is 51.0 Å². The summed E-state index contributed by atoms with van der Waals surface area (Å²) in [4.78, 5) is 25.3. The summed E-state index contributed by atoms with van der Waals surface area (Å²) < 4.78 is 5.94. The zero-order valence-corrected chi connectivity index (χ0v) is 15.7. The Morgan fingerprint density at radius 2 is 1.83 bits per heavy atom. The van der Waals surface area contributed by atoms with E-state index < -0.39 is 5.97 Å². The summed E-state index contributed by atoms with van der Waals surface area (Å²) in [5, 5.41) is 2.30. The van der Waals surface area contributed by atoms with Crippen LogP contribution < -0.4 is 0 Å². The van der Waals surface area contributed by atoms with Crippen LogP contribution in [0.1, 0.15) is 9.67 Å². The van der Waals surface area contributed by atoms with Gasteiger partial charge in [0.1, 0.15) is 0 Å². The Morgan fingerprint density at radius 1 is 1.04 bits per heavy atom. The fourth-order valence-corrected chi connectivity index (χ4v) is 4.18. The second-order valence-electron chi connectivity index (χ2n) is 4.99. The second-order valence-corrected chi connectivity index (χ2v) is 8.50. The van der Waals surface area contributed by atoms with Crippen LogP contribution in [0, 0.1) is 0 Å². The molecule has 0 unspecified atom stereocenters. The Morgan fingerprint density at radius 3 is 2.58 bits per heavy atom. The average molecular weight is 421 g/mol. The third kappa shape index (κ3) is 4.47. The molecule has 24 heavy (non-hydrogen) atoms. The van der Waals surface area contributed by atoms with Crippen molar-refractivity contribution >= 4 is 61.6 Å². The number of halogens is 1. The zero-order valence-electron chi connectivity index (χ0n) is 12.5. The van der Waals surface area contributed by atoms with Crippen molar-refractivity contribution in [2.45, 2.75) is 4.90 Å². The molecule has 0 saturated carbocycles. The largest absolute Gasteiger partial charge is 0.457 e. The summed E-state index contributed by atoms with van der Waals surface area (Å²) in [5.41, 5.74) is 0. The summed E-state index contributed by atoms with van der Waals surface area (Å²) in [7, 11) is 0. The van der Waals surface area contributed by atoms with E-state index in [1.54, 1.807) is 12.1 Å². The number of ether oxygens (including phenoxy) is 1. The third-order valence-corrected chi connectivity index (χ3v) is 5.92. The highest BCUT2D eigenvalue weighted by Crippen LogP contribution is 2.24. The number of ketones is 1. The van der Waals surface area contributed by atoms with Gasteiger partial charge in [0, 0.05) is 4.90 Å². The number of hydrogen-bond acceptors (Lipinski definition) is 5. The molecule has 6 heteroatoms. The van der Waals surface area contributed by atoms with Crippen molar-refractivity contribution in [1.29, 1.82) is 0 Å². The first-order chi connectivity index (χ1) is 11.6. The molecule has 0 amide bonds. The smallest absolute Gasteiger partial charge is 0.316 e. The van der Waals surface area contributed by atoms with Gasteiger partial charge in [-0.1, -0.05) is 30.3 Å². The van der Waals surface area contributed by atoms with E-state index >= 15 is 0 Å². The van der Waals surface area contributed by atoms with Gasteiger partial charge < -0.3 is 4.74 Å². The summed E-state index contributed by atoms with van der Waals surface area (Å²) in [6.45, 7) is -0.218. The van der Waals surface area contributed by atoms with Crippen LogP contribution in [0.3, 0.4) is 0 Å². The lowest BCUT2D eigenvalue weighted by Gasteiger charge is -2.05. The number of hydrogen-bond donors (Lipinski definition) is 0. The molecule has 0 aliphatic rings. The Kier molecular flexibility index (Phi) is 5.71. The minimum absolute atomic E-state index is 0.180. The molecule has 3 aromatic rings. The molecule has 0 bridgehead atoms. The number of Topliss-reactive ketones (excluding diaryl/α,β-unsaturated/α-hetero) is 1. The van der Waals surface area contributed by atoms with E-state index in [4.69, 9.17) is 4.74 Å². The van der Waals surface area contributed by atoms with Gasteiger partial charge in [-0.2, -0.15) is 0 Å². The highest BCUT2D eigenvalue weighted by Gasteiger charge is 2.12. The van der Waals surface area contributed by atoms with Crippen LogP contribution in [0.4, 0.5) is 0 Å². The quantitative estimate of drug-likeness (QED) is 0.313. The normalized spacial score (nSPS) is 10.7. The third-order valence-electron chi connectivity index (χ3n) is 3.29. The molecule has 0 N–H and O–H groups in total. The summed E-state index contributed by atoms with van der Waals surface area (Å²) in [5.74, 6) is -0.397. The first-order valence-corrected chi connectivity index (χ1v) is 9.77. The van der Waals surface area contributed by atoms with Crippen molar-refractivity contribution in [3.63, 3.8) is 0 Å². The number of rotatable bonds is 6. The molecule has 0 aliphatic heterocycles. The van der Waals surface area contributed by atoms with Crippen LogP contribution >= 0.6 is 39.0 Å². The van der Waals surface area contributed by atoms with E-state index in [2.05, 4.69) is 15.9 Å². The zero-order chi connectivity index (χ0) is 16.9. The minimum Gasteiger partial charge on any atom is -0.457 e. The maximum atomic E-state index is 11.9. The predicted octanol–water partition coefficient (Wildman–Crippen LogP) is 5.18.